The van der Waals surface area contributed by atoms with Crippen LogP contribution < -0.4 is 10.6 Å². The molecule has 0 aliphatic rings. The first-order chi connectivity index (χ1) is 13.3. The fourth-order valence-electron chi connectivity index (χ4n) is 2.53. The lowest BCUT2D eigenvalue weighted by atomic mass is 10.1. The first-order valence-corrected chi connectivity index (χ1v) is 9.34. The molecular weight excluding hydrogens is 386 g/mol. The smallest absolute Gasteiger partial charge is 0.276 e. The van der Waals surface area contributed by atoms with E-state index in [0.717, 1.165) is 16.6 Å². The van der Waals surface area contributed by atoms with E-state index in [2.05, 4.69) is 15.7 Å². The van der Waals surface area contributed by atoms with Gasteiger partial charge in [-0.2, -0.15) is 5.10 Å². The first-order valence-electron chi connectivity index (χ1n) is 8.46. The zero-order valence-corrected chi connectivity index (χ0v) is 16.1. The molecule has 2 aromatic heterocycles. The number of thiophene rings is 1. The van der Waals surface area contributed by atoms with E-state index in [0.29, 0.717) is 19.0 Å². The molecule has 0 bridgehead atoms. The average molecular weight is 404 g/mol. The molecule has 6 nitrogen and oxygen atoms in total. The van der Waals surface area contributed by atoms with Crippen LogP contribution in [0.1, 0.15) is 31.4 Å². The summed E-state index contributed by atoms with van der Waals surface area (Å²) in [5.74, 6) is -3.32. The zero-order valence-electron chi connectivity index (χ0n) is 15.3. The number of hydrogen-bond donors (Lipinski definition) is 2. The number of carbonyl (C=O) groups excluding carboxylic acids is 2. The molecule has 0 fully saturated rings. The van der Waals surface area contributed by atoms with Gasteiger partial charge in [-0.05, 0) is 36.9 Å². The monoisotopic (exact) mass is 404 g/mol. The van der Waals surface area contributed by atoms with E-state index in [1.807, 2.05) is 17.5 Å². The molecule has 0 atom stereocenters. The van der Waals surface area contributed by atoms with E-state index in [1.165, 1.54) is 10.7 Å². The minimum atomic E-state index is -1.00. The van der Waals surface area contributed by atoms with Gasteiger partial charge in [0, 0.05) is 30.2 Å². The summed E-state index contributed by atoms with van der Waals surface area (Å²) in [7, 11) is 1.67. The van der Waals surface area contributed by atoms with Crippen LogP contribution in [0.4, 0.5) is 14.5 Å². The molecule has 3 rings (SSSR count). The van der Waals surface area contributed by atoms with Gasteiger partial charge in [-0.1, -0.05) is 6.07 Å². The quantitative estimate of drug-likeness (QED) is 0.662. The maximum atomic E-state index is 14.1. The number of benzene rings is 1. The van der Waals surface area contributed by atoms with Gasteiger partial charge in [0.05, 0.1) is 11.3 Å². The van der Waals surface area contributed by atoms with Crippen LogP contribution in [0.15, 0.2) is 35.7 Å². The summed E-state index contributed by atoms with van der Waals surface area (Å²) in [4.78, 5) is 25.6. The summed E-state index contributed by atoms with van der Waals surface area (Å²) in [6.07, 6.45) is 0.606. The third kappa shape index (κ3) is 4.42. The lowest BCUT2D eigenvalue weighted by Gasteiger charge is -2.10. The molecule has 2 heterocycles. The van der Waals surface area contributed by atoms with Crippen molar-refractivity contribution >= 4 is 28.8 Å². The largest absolute Gasteiger partial charge is 0.352 e. The summed E-state index contributed by atoms with van der Waals surface area (Å²) in [6.45, 7) is 2.08. The molecule has 28 heavy (non-hydrogen) atoms. The average Bonchev–Trinajstić information content (AvgIpc) is 3.27. The Labute approximate surface area is 164 Å². The van der Waals surface area contributed by atoms with Crippen molar-refractivity contribution in [2.45, 2.75) is 13.3 Å². The molecule has 9 heteroatoms. The van der Waals surface area contributed by atoms with Crippen LogP contribution in [-0.2, 0) is 13.5 Å². The van der Waals surface area contributed by atoms with Crippen LogP contribution in [0.5, 0.6) is 0 Å². The summed E-state index contributed by atoms with van der Waals surface area (Å²) in [6, 6.07) is 6.93. The van der Waals surface area contributed by atoms with Gasteiger partial charge in [0.25, 0.3) is 11.8 Å². The summed E-state index contributed by atoms with van der Waals surface area (Å²) >= 11 is 1.56. The molecule has 0 unspecified atom stereocenters. The predicted molar refractivity (Wildman–Crippen MR) is 103 cm³/mol. The Morgan fingerprint density at radius 3 is 2.61 bits per heavy atom. The van der Waals surface area contributed by atoms with E-state index in [9.17, 15) is 18.4 Å². The van der Waals surface area contributed by atoms with Crippen LogP contribution in [0.2, 0.25) is 0 Å². The highest BCUT2D eigenvalue weighted by Crippen LogP contribution is 2.20. The van der Waals surface area contributed by atoms with Crippen LogP contribution in [-0.4, -0.2) is 28.1 Å². The van der Waals surface area contributed by atoms with E-state index < -0.39 is 23.4 Å². The van der Waals surface area contributed by atoms with Gasteiger partial charge in [-0.3, -0.25) is 14.3 Å². The van der Waals surface area contributed by atoms with Crippen molar-refractivity contribution in [3.63, 3.8) is 0 Å². The fraction of sp³-hybridized carbons (Fsp3) is 0.211. The van der Waals surface area contributed by atoms with Crippen LogP contribution in [0.3, 0.4) is 0 Å². The minimum Gasteiger partial charge on any atom is -0.352 e. The van der Waals surface area contributed by atoms with Gasteiger partial charge in [0.15, 0.2) is 5.69 Å². The van der Waals surface area contributed by atoms with Gasteiger partial charge >= 0.3 is 0 Å². The lowest BCUT2D eigenvalue weighted by Crippen LogP contribution is -2.27. The molecule has 0 aliphatic heterocycles. The van der Waals surface area contributed by atoms with Crippen molar-refractivity contribution in [1.29, 1.82) is 0 Å². The van der Waals surface area contributed by atoms with Gasteiger partial charge in [-0.15, -0.1) is 11.3 Å². The highest BCUT2D eigenvalue weighted by Gasteiger charge is 2.19. The number of nitrogens with one attached hydrogen (secondary N) is 2. The van der Waals surface area contributed by atoms with Gasteiger partial charge in [-0.25, -0.2) is 8.78 Å². The number of halogens is 2. The van der Waals surface area contributed by atoms with Crippen molar-refractivity contribution in [2.75, 3.05) is 11.9 Å². The second-order valence-electron chi connectivity index (χ2n) is 6.15. The highest BCUT2D eigenvalue weighted by atomic mass is 32.1. The number of anilines is 1. The molecule has 0 radical (unpaired) electrons. The van der Waals surface area contributed by atoms with E-state index in [4.69, 9.17) is 0 Å². The molecule has 0 saturated heterocycles. The number of nitrogens with zero attached hydrogens (tertiary/aromatic N) is 2. The Bertz CT molecular complexity index is 996. The maximum Gasteiger partial charge on any atom is 0.276 e. The predicted octanol–water partition coefficient (Wildman–Crippen LogP) is 3.29. The molecule has 0 spiro atoms. The van der Waals surface area contributed by atoms with E-state index >= 15 is 0 Å². The number of carbonyl (C=O) groups is 2. The van der Waals surface area contributed by atoms with Gasteiger partial charge in [0.1, 0.15) is 11.6 Å². The van der Waals surface area contributed by atoms with E-state index in [-0.39, 0.29) is 16.9 Å². The number of aromatic nitrogens is 2. The normalized spacial score (nSPS) is 10.7. The Balaban J connectivity index is 1.72. The van der Waals surface area contributed by atoms with Crippen molar-refractivity contribution in [3.8, 4) is 0 Å². The Hall–Kier alpha value is -3.07. The standard InChI is InChI=1S/C19H18F2N4O2S/c1-11-8-17(24-25(11)2)19(27)23-16-9-13(14(20)10-15(16)21)18(26)22-6-5-12-4-3-7-28-12/h3-4,7-10H,5-6H2,1-2H3,(H,22,26)(H,23,27). The molecule has 0 aliphatic carbocycles. The molecule has 2 amide bonds. The molecule has 3 aromatic rings. The summed E-state index contributed by atoms with van der Waals surface area (Å²) in [5.41, 5.74) is 0.194. The number of rotatable bonds is 6. The van der Waals surface area contributed by atoms with Crippen LogP contribution in [0.25, 0.3) is 0 Å². The Morgan fingerprint density at radius 2 is 1.96 bits per heavy atom. The van der Waals surface area contributed by atoms with Crippen LogP contribution in [0, 0.1) is 18.6 Å². The number of hydrogen-bond acceptors (Lipinski definition) is 4. The summed E-state index contributed by atoms with van der Waals surface area (Å²) < 4.78 is 29.7. The van der Waals surface area contributed by atoms with E-state index in [1.54, 1.807) is 25.3 Å². The molecular formula is C19H18F2N4O2S. The molecule has 0 saturated carbocycles. The van der Waals surface area contributed by atoms with Crippen molar-refractivity contribution in [1.82, 2.24) is 15.1 Å². The third-order valence-corrected chi connectivity index (χ3v) is 5.07. The van der Waals surface area contributed by atoms with Crippen molar-refractivity contribution in [3.05, 3.63) is 69.2 Å². The van der Waals surface area contributed by atoms with Gasteiger partial charge in [0.2, 0.25) is 0 Å². The van der Waals surface area contributed by atoms with Gasteiger partial charge < -0.3 is 10.6 Å². The Morgan fingerprint density at radius 1 is 1.18 bits per heavy atom. The maximum absolute atomic E-state index is 14.1. The van der Waals surface area contributed by atoms with Crippen molar-refractivity contribution < 1.29 is 18.4 Å². The second-order valence-corrected chi connectivity index (χ2v) is 7.18. The van der Waals surface area contributed by atoms with Crippen molar-refractivity contribution in [2.24, 2.45) is 7.05 Å². The minimum absolute atomic E-state index is 0.0886. The lowest BCUT2D eigenvalue weighted by molar-refractivity contribution is 0.0948. The fourth-order valence-corrected chi connectivity index (χ4v) is 3.23. The third-order valence-electron chi connectivity index (χ3n) is 4.13. The highest BCUT2D eigenvalue weighted by molar-refractivity contribution is 7.09. The number of amides is 2. The molecule has 1 aromatic carbocycles. The molecule has 2 N–H and O–H groups in total. The number of aryl methyl sites for hydroxylation is 2. The topological polar surface area (TPSA) is 76.0 Å². The second kappa shape index (κ2) is 8.30. The SMILES string of the molecule is Cc1cc(C(=O)Nc2cc(C(=O)NCCc3cccs3)c(F)cc2F)nn1C. The van der Waals surface area contributed by atoms with Crippen LogP contribution >= 0.6 is 11.3 Å². The zero-order chi connectivity index (χ0) is 20.3. The Kier molecular flexibility index (Phi) is 5.84. The first kappa shape index (κ1) is 19.7. The summed E-state index contributed by atoms with van der Waals surface area (Å²) in [5, 5.41) is 10.9. The molecule has 146 valence electrons.